The summed E-state index contributed by atoms with van der Waals surface area (Å²) in [4.78, 5) is 30.5. The van der Waals surface area contributed by atoms with Crippen LogP contribution >= 0.6 is 27.7 Å². The van der Waals surface area contributed by atoms with Crippen molar-refractivity contribution in [3.8, 4) is 5.75 Å². The number of amides is 1. The number of benzene rings is 2. The molecule has 1 aliphatic heterocycles. The van der Waals surface area contributed by atoms with E-state index in [2.05, 4.69) is 20.9 Å². The van der Waals surface area contributed by atoms with Crippen LogP contribution in [0.1, 0.15) is 15.9 Å². The van der Waals surface area contributed by atoms with Gasteiger partial charge in [-0.2, -0.15) is 0 Å². The van der Waals surface area contributed by atoms with Crippen molar-refractivity contribution in [2.45, 2.75) is 0 Å². The number of likely N-dealkylation sites (N-methyl/N-ethyl adjacent to an activating group) is 1. The van der Waals surface area contributed by atoms with E-state index in [9.17, 15) is 14.7 Å². The number of carbonyl (C=O) groups excluding carboxylic acids is 2. The Kier molecular flexibility index (Phi) is 5.67. The molecule has 1 heterocycles. The molecule has 138 valence electrons. The standard InChI is InChI=1S/C19H15BrN2O4S/c1-22-17(24)16(10-12-8-13(20)6-7-15(12)23)27-19(22)21-14-5-3-4-11(9-14)18(25)26-2/h3-10,23H,1-2H3. The maximum absolute atomic E-state index is 12.5. The molecule has 0 bridgehead atoms. The van der Waals surface area contributed by atoms with Crippen molar-refractivity contribution in [2.75, 3.05) is 14.2 Å². The van der Waals surface area contributed by atoms with Gasteiger partial charge in [0.1, 0.15) is 5.75 Å². The van der Waals surface area contributed by atoms with Crippen LogP contribution < -0.4 is 0 Å². The van der Waals surface area contributed by atoms with Crippen molar-refractivity contribution in [3.05, 3.63) is 63.0 Å². The predicted octanol–water partition coefficient (Wildman–Crippen LogP) is 4.18. The molecule has 1 fully saturated rings. The van der Waals surface area contributed by atoms with Crippen molar-refractivity contribution in [3.63, 3.8) is 0 Å². The lowest BCUT2D eigenvalue weighted by molar-refractivity contribution is -0.121. The van der Waals surface area contributed by atoms with E-state index in [1.54, 1.807) is 55.6 Å². The molecule has 0 aliphatic carbocycles. The zero-order chi connectivity index (χ0) is 19.6. The minimum Gasteiger partial charge on any atom is -0.507 e. The third-order valence-electron chi connectivity index (χ3n) is 3.77. The summed E-state index contributed by atoms with van der Waals surface area (Å²) in [6, 6.07) is 11.7. The van der Waals surface area contributed by atoms with Gasteiger partial charge in [-0.05, 0) is 54.2 Å². The Morgan fingerprint density at radius 3 is 2.81 bits per heavy atom. The molecule has 1 aliphatic rings. The summed E-state index contributed by atoms with van der Waals surface area (Å²) in [5, 5.41) is 10.5. The van der Waals surface area contributed by atoms with Gasteiger partial charge in [0.05, 0.1) is 23.3 Å². The number of rotatable bonds is 3. The first-order valence-electron chi connectivity index (χ1n) is 7.82. The molecule has 1 saturated heterocycles. The molecule has 8 heteroatoms. The zero-order valence-electron chi connectivity index (χ0n) is 14.5. The molecule has 1 N–H and O–H groups in total. The van der Waals surface area contributed by atoms with Crippen LogP contribution in [0.3, 0.4) is 0 Å². The van der Waals surface area contributed by atoms with Crippen LogP contribution in [0.25, 0.3) is 6.08 Å². The number of phenols is 1. The van der Waals surface area contributed by atoms with Crippen LogP contribution in [0, 0.1) is 0 Å². The number of halogens is 1. The zero-order valence-corrected chi connectivity index (χ0v) is 16.9. The number of nitrogens with zero attached hydrogens (tertiary/aromatic N) is 2. The fraction of sp³-hybridized carbons (Fsp3) is 0.105. The molecule has 1 amide bonds. The van der Waals surface area contributed by atoms with Crippen LogP contribution in [0.5, 0.6) is 5.75 Å². The van der Waals surface area contributed by atoms with Gasteiger partial charge in [0.15, 0.2) is 5.17 Å². The molecule has 0 saturated carbocycles. The van der Waals surface area contributed by atoms with Gasteiger partial charge >= 0.3 is 5.97 Å². The van der Waals surface area contributed by atoms with Crippen molar-refractivity contribution in [2.24, 2.45) is 4.99 Å². The first-order chi connectivity index (χ1) is 12.9. The molecule has 0 unspecified atom stereocenters. The number of amidine groups is 1. The second kappa shape index (κ2) is 7.98. The Bertz CT molecular complexity index is 987. The van der Waals surface area contributed by atoms with Gasteiger partial charge in [0, 0.05) is 17.1 Å². The Labute approximate surface area is 168 Å². The van der Waals surface area contributed by atoms with E-state index in [1.165, 1.54) is 23.8 Å². The number of methoxy groups -OCH3 is 1. The predicted molar refractivity (Wildman–Crippen MR) is 109 cm³/mol. The highest BCUT2D eigenvalue weighted by Gasteiger charge is 2.30. The Morgan fingerprint density at radius 2 is 2.07 bits per heavy atom. The minimum atomic E-state index is -0.453. The fourth-order valence-electron chi connectivity index (χ4n) is 2.36. The number of hydrogen-bond acceptors (Lipinski definition) is 6. The second-order valence-electron chi connectivity index (χ2n) is 5.61. The third kappa shape index (κ3) is 4.23. The molecule has 3 rings (SSSR count). The molecule has 6 nitrogen and oxygen atoms in total. The topological polar surface area (TPSA) is 79.2 Å². The molecule has 2 aromatic carbocycles. The van der Waals surface area contributed by atoms with Crippen molar-refractivity contribution < 1.29 is 19.4 Å². The maximum Gasteiger partial charge on any atom is 0.337 e. The Hall–Kier alpha value is -2.58. The monoisotopic (exact) mass is 446 g/mol. The van der Waals surface area contributed by atoms with Crippen LogP contribution in [0.15, 0.2) is 56.8 Å². The lowest BCUT2D eigenvalue weighted by Crippen LogP contribution is -2.23. The lowest BCUT2D eigenvalue weighted by Gasteiger charge is -2.07. The summed E-state index contributed by atoms with van der Waals surface area (Å²) in [5.74, 6) is -0.591. The van der Waals surface area contributed by atoms with E-state index < -0.39 is 5.97 Å². The summed E-state index contributed by atoms with van der Waals surface area (Å²) in [5.41, 5.74) is 1.44. The second-order valence-corrected chi connectivity index (χ2v) is 7.54. The van der Waals surface area contributed by atoms with Crippen LogP contribution in [0.2, 0.25) is 0 Å². The van der Waals surface area contributed by atoms with Crippen LogP contribution in [-0.4, -0.2) is 41.2 Å². The number of thioether (sulfide) groups is 1. The third-order valence-corrected chi connectivity index (χ3v) is 5.33. The summed E-state index contributed by atoms with van der Waals surface area (Å²) in [6.45, 7) is 0. The Morgan fingerprint density at radius 1 is 1.30 bits per heavy atom. The average Bonchev–Trinajstić information content (AvgIpc) is 2.92. The Balaban J connectivity index is 1.92. The van der Waals surface area contributed by atoms with Crippen molar-refractivity contribution in [1.82, 2.24) is 4.90 Å². The summed E-state index contributed by atoms with van der Waals surface area (Å²) < 4.78 is 5.51. The lowest BCUT2D eigenvalue weighted by atomic mass is 10.2. The highest BCUT2D eigenvalue weighted by molar-refractivity contribution is 9.10. The smallest absolute Gasteiger partial charge is 0.337 e. The van der Waals surface area contributed by atoms with Gasteiger partial charge in [-0.1, -0.05) is 22.0 Å². The number of carbonyl (C=O) groups is 2. The molecule has 27 heavy (non-hydrogen) atoms. The van der Waals surface area contributed by atoms with Gasteiger partial charge < -0.3 is 9.84 Å². The van der Waals surface area contributed by atoms with Gasteiger partial charge in [-0.25, -0.2) is 9.79 Å². The highest BCUT2D eigenvalue weighted by Crippen LogP contribution is 2.35. The molecule has 0 spiro atoms. The molecule has 0 radical (unpaired) electrons. The van der Waals surface area contributed by atoms with Crippen molar-refractivity contribution in [1.29, 1.82) is 0 Å². The highest BCUT2D eigenvalue weighted by atomic mass is 79.9. The quantitative estimate of drug-likeness (QED) is 0.565. The summed E-state index contributed by atoms with van der Waals surface area (Å²) in [7, 11) is 2.94. The van der Waals surface area contributed by atoms with Gasteiger partial charge in [0.25, 0.3) is 5.91 Å². The van der Waals surface area contributed by atoms with Gasteiger partial charge in [0.2, 0.25) is 0 Å². The molecular weight excluding hydrogens is 432 g/mol. The van der Waals surface area contributed by atoms with Crippen LogP contribution in [-0.2, 0) is 9.53 Å². The molecule has 0 atom stereocenters. The van der Waals surface area contributed by atoms with E-state index in [0.29, 0.717) is 26.9 Å². The number of ether oxygens (including phenoxy) is 1. The molecule has 2 aromatic rings. The van der Waals surface area contributed by atoms with Gasteiger partial charge in [-0.15, -0.1) is 0 Å². The first-order valence-corrected chi connectivity index (χ1v) is 9.43. The molecule has 0 aromatic heterocycles. The van der Waals surface area contributed by atoms with E-state index in [-0.39, 0.29) is 11.7 Å². The van der Waals surface area contributed by atoms with E-state index >= 15 is 0 Å². The number of aromatic hydroxyl groups is 1. The fourth-order valence-corrected chi connectivity index (χ4v) is 3.72. The van der Waals surface area contributed by atoms with E-state index in [4.69, 9.17) is 4.74 Å². The number of aliphatic imine (C=N–C) groups is 1. The maximum atomic E-state index is 12.5. The minimum absolute atomic E-state index is 0.0814. The average molecular weight is 447 g/mol. The van der Waals surface area contributed by atoms with E-state index in [1.807, 2.05) is 0 Å². The summed E-state index contributed by atoms with van der Waals surface area (Å²) >= 11 is 4.55. The summed E-state index contributed by atoms with van der Waals surface area (Å²) in [6.07, 6.45) is 1.62. The van der Waals surface area contributed by atoms with Crippen LogP contribution in [0.4, 0.5) is 5.69 Å². The number of phenolic OH excluding ortho intramolecular Hbond substituents is 1. The SMILES string of the molecule is COC(=O)c1cccc(N=C2SC(=Cc3cc(Br)ccc3O)C(=O)N2C)c1. The van der Waals surface area contributed by atoms with Crippen molar-refractivity contribution >= 4 is 56.5 Å². The first kappa shape index (κ1) is 19.2. The normalized spacial score (nSPS) is 17.0. The van der Waals surface area contributed by atoms with E-state index in [0.717, 1.165) is 4.47 Å². The van der Waals surface area contributed by atoms with Gasteiger partial charge in [-0.3, -0.25) is 9.69 Å². The largest absolute Gasteiger partial charge is 0.507 e. The number of esters is 1. The molecular formula is C19H15BrN2O4S. The number of hydrogen-bond donors (Lipinski definition) is 1.